The van der Waals surface area contributed by atoms with Crippen molar-refractivity contribution in [2.75, 3.05) is 17.1 Å². The van der Waals surface area contributed by atoms with Gasteiger partial charge in [0.2, 0.25) is 10.0 Å². The lowest BCUT2D eigenvalue weighted by molar-refractivity contribution is -0.384. The van der Waals surface area contributed by atoms with Gasteiger partial charge in [-0.25, -0.2) is 17.8 Å². The molecule has 0 amide bonds. The number of ether oxygens (including phenoxy) is 1. The number of non-ortho nitro benzene ring substituents is 1. The molecule has 0 spiro atoms. The third-order valence-electron chi connectivity index (χ3n) is 3.26. The lowest BCUT2D eigenvalue weighted by atomic mass is 10.3. The van der Waals surface area contributed by atoms with Gasteiger partial charge in [-0.1, -0.05) is 11.3 Å². The normalized spacial score (nSPS) is 11.4. The first-order chi connectivity index (χ1) is 12.3. The molecular formula is C15H12FN3O5S2. The second-order valence-corrected chi connectivity index (χ2v) is 8.02. The Morgan fingerprint density at radius 3 is 2.65 bits per heavy atom. The zero-order valence-electron chi connectivity index (χ0n) is 13.1. The Morgan fingerprint density at radius 1 is 1.23 bits per heavy atom. The number of nitro groups is 1. The van der Waals surface area contributed by atoms with Gasteiger partial charge < -0.3 is 4.74 Å². The summed E-state index contributed by atoms with van der Waals surface area (Å²) in [5.41, 5.74) is 0.365. The molecule has 3 aromatic rings. The van der Waals surface area contributed by atoms with Crippen molar-refractivity contribution in [1.29, 1.82) is 0 Å². The Morgan fingerprint density at radius 2 is 1.96 bits per heavy atom. The van der Waals surface area contributed by atoms with Gasteiger partial charge in [-0.05, 0) is 30.3 Å². The number of fused-ring (bicyclic) bond motifs is 1. The van der Waals surface area contributed by atoms with Gasteiger partial charge in [0, 0.05) is 12.1 Å². The van der Waals surface area contributed by atoms with Gasteiger partial charge in [0.15, 0.2) is 5.13 Å². The molecule has 0 saturated heterocycles. The van der Waals surface area contributed by atoms with E-state index in [0.717, 1.165) is 11.3 Å². The molecule has 1 N–H and O–H groups in total. The number of thiazole rings is 1. The molecule has 2 aromatic carbocycles. The van der Waals surface area contributed by atoms with E-state index in [2.05, 4.69) is 9.71 Å². The SMILES string of the molecule is O=[N+]([O-])c1ccc2nc(NS(=O)(=O)CCOc3ccc(F)cc3)sc2c1. The van der Waals surface area contributed by atoms with Gasteiger partial charge >= 0.3 is 0 Å². The third-order valence-corrected chi connectivity index (χ3v) is 5.53. The number of benzene rings is 2. The van der Waals surface area contributed by atoms with Crippen molar-refractivity contribution in [3.05, 3.63) is 58.4 Å². The molecule has 0 aliphatic carbocycles. The summed E-state index contributed by atoms with van der Waals surface area (Å²) < 4.78 is 45.1. The van der Waals surface area contributed by atoms with Crippen molar-refractivity contribution < 1.29 is 22.5 Å². The highest BCUT2D eigenvalue weighted by Crippen LogP contribution is 2.29. The van der Waals surface area contributed by atoms with Crippen molar-refractivity contribution in [2.24, 2.45) is 0 Å². The summed E-state index contributed by atoms with van der Waals surface area (Å²) in [6.45, 7) is -0.128. The fraction of sp³-hybridized carbons (Fsp3) is 0.133. The Labute approximate surface area is 151 Å². The molecule has 0 fully saturated rings. The summed E-state index contributed by atoms with van der Waals surface area (Å²) in [4.78, 5) is 14.3. The van der Waals surface area contributed by atoms with E-state index in [4.69, 9.17) is 4.74 Å². The number of anilines is 1. The van der Waals surface area contributed by atoms with Gasteiger partial charge in [0.25, 0.3) is 5.69 Å². The van der Waals surface area contributed by atoms with Crippen LogP contribution in [-0.2, 0) is 10.0 Å². The largest absolute Gasteiger partial charge is 0.492 e. The first-order valence-electron chi connectivity index (χ1n) is 7.26. The molecule has 26 heavy (non-hydrogen) atoms. The van der Waals surface area contributed by atoms with Crippen LogP contribution in [0.1, 0.15) is 0 Å². The maximum atomic E-state index is 12.8. The van der Waals surface area contributed by atoms with E-state index >= 15 is 0 Å². The molecular weight excluding hydrogens is 385 g/mol. The van der Waals surface area contributed by atoms with Gasteiger partial charge in [-0.15, -0.1) is 0 Å². The minimum absolute atomic E-state index is 0.0942. The number of hydrogen-bond donors (Lipinski definition) is 1. The minimum Gasteiger partial charge on any atom is -0.492 e. The minimum atomic E-state index is -3.72. The quantitative estimate of drug-likeness (QED) is 0.484. The highest BCUT2D eigenvalue weighted by atomic mass is 32.2. The number of halogens is 1. The van der Waals surface area contributed by atoms with Crippen LogP contribution in [0.25, 0.3) is 10.2 Å². The summed E-state index contributed by atoms with van der Waals surface area (Å²) in [6, 6.07) is 9.31. The maximum Gasteiger partial charge on any atom is 0.270 e. The van der Waals surface area contributed by atoms with Crippen LogP contribution in [-0.4, -0.2) is 30.7 Å². The van der Waals surface area contributed by atoms with E-state index in [9.17, 15) is 22.9 Å². The molecule has 0 atom stereocenters. The van der Waals surface area contributed by atoms with Crippen LogP contribution in [0, 0.1) is 15.9 Å². The Balaban J connectivity index is 1.64. The molecule has 3 rings (SSSR count). The first-order valence-corrected chi connectivity index (χ1v) is 9.73. The summed E-state index contributed by atoms with van der Waals surface area (Å²) in [5.74, 6) is -0.392. The molecule has 136 valence electrons. The van der Waals surface area contributed by atoms with Crippen LogP contribution < -0.4 is 9.46 Å². The number of rotatable bonds is 7. The standard InChI is InChI=1S/C15H12FN3O5S2/c16-10-1-4-12(5-2-10)24-7-8-26(22,23)18-15-17-13-6-3-11(19(20)21)9-14(13)25-15/h1-6,9H,7-8H2,(H,17,18). The molecule has 0 saturated carbocycles. The van der Waals surface area contributed by atoms with Crippen LogP contribution in [0.15, 0.2) is 42.5 Å². The van der Waals surface area contributed by atoms with E-state index in [1.54, 1.807) is 0 Å². The second-order valence-electron chi connectivity index (χ2n) is 5.15. The molecule has 0 bridgehead atoms. The molecule has 8 nitrogen and oxygen atoms in total. The second kappa shape index (κ2) is 7.22. The van der Waals surface area contributed by atoms with Gasteiger partial charge in [-0.2, -0.15) is 0 Å². The Kier molecular flexibility index (Phi) is 5.00. The molecule has 0 aliphatic heterocycles. The first kappa shape index (κ1) is 18.0. The monoisotopic (exact) mass is 397 g/mol. The number of nitrogens with one attached hydrogen (secondary N) is 1. The van der Waals surface area contributed by atoms with E-state index < -0.39 is 20.8 Å². The Hall–Kier alpha value is -2.79. The van der Waals surface area contributed by atoms with Crippen molar-refractivity contribution in [2.45, 2.75) is 0 Å². The molecule has 0 unspecified atom stereocenters. The highest BCUT2D eigenvalue weighted by molar-refractivity contribution is 7.92. The smallest absolute Gasteiger partial charge is 0.270 e. The number of hydrogen-bond acceptors (Lipinski definition) is 7. The van der Waals surface area contributed by atoms with Crippen LogP contribution >= 0.6 is 11.3 Å². The van der Waals surface area contributed by atoms with Gasteiger partial charge in [-0.3, -0.25) is 14.8 Å². The predicted molar refractivity (Wildman–Crippen MR) is 95.6 cm³/mol. The summed E-state index contributed by atoms with van der Waals surface area (Å²) in [6.07, 6.45) is 0. The van der Waals surface area contributed by atoms with Crippen molar-refractivity contribution >= 4 is 42.4 Å². The van der Waals surface area contributed by atoms with E-state index in [-0.39, 0.29) is 23.2 Å². The zero-order chi connectivity index (χ0) is 18.7. The summed E-state index contributed by atoms with van der Waals surface area (Å²) >= 11 is 0.999. The van der Waals surface area contributed by atoms with E-state index in [1.165, 1.54) is 42.5 Å². The number of sulfonamides is 1. The van der Waals surface area contributed by atoms with Gasteiger partial charge in [0.05, 0.1) is 15.1 Å². The van der Waals surface area contributed by atoms with Crippen molar-refractivity contribution in [1.82, 2.24) is 4.98 Å². The van der Waals surface area contributed by atoms with Crippen molar-refractivity contribution in [3.8, 4) is 5.75 Å². The molecule has 1 heterocycles. The average molecular weight is 397 g/mol. The fourth-order valence-corrected chi connectivity index (χ4v) is 4.07. The van der Waals surface area contributed by atoms with Crippen molar-refractivity contribution in [3.63, 3.8) is 0 Å². The predicted octanol–water partition coefficient (Wildman–Crippen LogP) is 3.16. The Bertz CT molecular complexity index is 1050. The van der Waals surface area contributed by atoms with E-state index in [0.29, 0.717) is 16.0 Å². The number of nitrogens with zero attached hydrogens (tertiary/aromatic N) is 2. The molecule has 11 heteroatoms. The van der Waals surface area contributed by atoms with Crippen LogP contribution in [0.3, 0.4) is 0 Å². The van der Waals surface area contributed by atoms with E-state index in [1.807, 2.05) is 0 Å². The molecule has 0 aliphatic rings. The highest BCUT2D eigenvalue weighted by Gasteiger charge is 2.15. The summed E-state index contributed by atoms with van der Waals surface area (Å²) in [5, 5.41) is 10.9. The lowest BCUT2D eigenvalue weighted by Gasteiger charge is -2.07. The van der Waals surface area contributed by atoms with Crippen LogP contribution in [0.4, 0.5) is 15.2 Å². The van der Waals surface area contributed by atoms with Crippen LogP contribution in [0.2, 0.25) is 0 Å². The topological polar surface area (TPSA) is 111 Å². The number of aromatic nitrogens is 1. The summed E-state index contributed by atoms with van der Waals surface area (Å²) in [7, 11) is -3.72. The molecule has 0 radical (unpaired) electrons. The lowest BCUT2D eigenvalue weighted by Crippen LogP contribution is -2.21. The maximum absolute atomic E-state index is 12.8. The third kappa shape index (κ3) is 4.43. The van der Waals surface area contributed by atoms with Crippen LogP contribution in [0.5, 0.6) is 5.75 Å². The number of nitro benzene ring substituents is 1. The average Bonchev–Trinajstić information content (AvgIpc) is 2.96. The molecule has 1 aromatic heterocycles. The fourth-order valence-electron chi connectivity index (χ4n) is 2.05. The van der Waals surface area contributed by atoms with Gasteiger partial charge in [0.1, 0.15) is 23.9 Å². The zero-order valence-corrected chi connectivity index (χ0v) is 14.7.